The molecule has 1 atom stereocenters. The van der Waals surface area contributed by atoms with E-state index in [0.29, 0.717) is 17.9 Å². The molecular weight excluding hydrogens is 246 g/mol. The standard InChI is InChI=1S/C13H19N3O3/c1-8(12(17)15-2)7-16(3)11-5-4-9(14)6-10(11)13(18)19/h4-6,8H,7,14H2,1-3H3,(H,15,17)(H,18,19). The highest BCUT2D eigenvalue weighted by molar-refractivity contribution is 5.95. The molecule has 1 aromatic carbocycles. The summed E-state index contributed by atoms with van der Waals surface area (Å²) < 4.78 is 0. The number of nitrogens with zero attached hydrogens (tertiary/aromatic N) is 1. The van der Waals surface area contributed by atoms with E-state index in [1.54, 1.807) is 38.1 Å². The molecule has 0 aliphatic carbocycles. The summed E-state index contributed by atoms with van der Waals surface area (Å²) in [6.45, 7) is 2.21. The van der Waals surface area contributed by atoms with Crippen LogP contribution in [-0.4, -0.2) is 37.6 Å². The Morgan fingerprint density at radius 2 is 2.11 bits per heavy atom. The molecule has 104 valence electrons. The Labute approximate surface area is 112 Å². The van der Waals surface area contributed by atoms with E-state index in [2.05, 4.69) is 5.32 Å². The number of anilines is 2. The lowest BCUT2D eigenvalue weighted by molar-refractivity contribution is -0.123. The van der Waals surface area contributed by atoms with Crippen molar-refractivity contribution in [2.75, 3.05) is 31.3 Å². The Morgan fingerprint density at radius 3 is 2.63 bits per heavy atom. The second-order valence-corrected chi connectivity index (χ2v) is 4.48. The second kappa shape index (κ2) is 6.08. The van der Waals surface area contributed by atoms with Crippen molar-refractivity contribution >= 4 is 23.3 Å². The van der Waals surface area contributed by atoms with E-state index >= 15 is 0 Å². The molecule has 1 aromatic rings. The number of carboxylic acid groups (broad SMARTS) is 1. The van der Waals surface area contributed by atoms with Crippen molar-refractivity contribution in [3.63, 3.8) is 0 Å². The van der Waals surface area contributed by atoms with Crippen LogP contribution in [0.2, 0.25) is 0 Å². The van der Waals surface area contributed by atoms with Gasteiger partial charge in [-0.05, 0) is 18.2 Å². The molecular formula is C13H19N3O3. The fourth-order valence-electron chi connectivity index (χ4n) is 1.90. The molecule has 0 saturated carbocycles. The van der Waals surface area contributed by atoms with E-state index in [9.17, 15) is 9.59 Å². The van der Waals surface area contributed by atoms with Crippen LogP contribution in [0.15, 0.2) is 18.2 Å². The van der Waals surface area contributed by atoms with Crippen LogP contribution in [0.4, 0.5) is 11.4 Å². The van der Waals surface area contributed by atoms with Gasteiger partial charge in [0.2, 0.25) is 5.91 Å². The van der Waals surface area contributed by atoms with Crippen molar-refractivity contribution in [1.82, 2.24) is 5.32 Å². The molecule has 4 N–H and O–H groups in total. The van der Waals surface area contributed by atoms with Crippen LogP contribution < -0.4 is 16.0 Å². The molecule has 0 saturated heterocycles. The molecule has 6 heteroatoms. The van der Waals surface area contributed by atoms with E-state index in [4.69, 9.17) is 10.8 Å². The van der Waals surface area contributed by atoms with Crippen LogP contribution in [0.1, 0.15) is 17.3 Å². The molecule has 6 nitrogen and oxygen atoms in total. The van der Waals surface area contributed by atoms with E-state index < -0.39 is 5.97 Å². The summed E-state index contributed by atoms with van der Waals surface area (Å²) in [6.07, 6.45) is 0. The highest BCUT2D eigenvalue weighted by Gasteiger charge is 2.18. The largest absolute Gasteiger partial charge is 0.478 e. The average Bonchev–Trinajstić information content (AvgIpc) is 2.37. The topological polar surface area (TPSA) is 95.7 Å². The maximum atomic E-state index is 11.5. The first-order chi connectivity index (χ1) is 8.86. The van der Waals surface area contributed by atoms with Crippen molar-refractivity contribution in [2.24, 2.45) is 5.92 Å². The third kappa shape index (κ3) is 3.61. The van der Waals surface area contributed by atoms with E-state index in [-0.39, 0.29) is 17.4 Å². The highest BCUT2D eigenvalue weighted by atomic mass is 16.4. The summed E-state index contributed by atoms with van der Waals surface area (Å²) in [6, 6.07) is 4.71. The zero-order valence-corrected chi connectivity index (χ0v) is 11.3. The molecule has 1 rings (SSSR count). The van der Waals surface area contributed by atoms with Crippen molar-refractivity contribution in [3.05, 3.63) is 23.8 Å². The molecule has 0 aliphatic rings. The zero-order valence-electron chi connectivity index (χ0n) is 11.3. The van der Waals surface area contributed by atoms with Crippen LogP contribution in [0.3, 0.4) is 0 Å². The van der Waals surface area contributed by atoms with Crippen LogP contribution in [0.25, 0.3) is 0 Å². The van der Waals surface area contributed by atoms with Crippen LogP contribution in [-0.2, 0) is 4.79 Å². The first-order valence-corrected chi connectivity index (χ1v) is 5.92. The summed E-state index contributed by atoms with van der Waals surface area (Å²) >= 11 is 0. The molecule has 1 unspecified atom stereocenters. The molecule has 0 heterocycles. The van der Waals surface area contributed by atoms with E-state index in [1.165, 1.54) is 6.07 Å². The highest BCUT2D eigenvalue weighted by Crippen LogP contribution is 2.23. The monoisotopic (exact) mass is 265 g/mol. The molecule has 0 radical (unpaired) electrons. The smallest absolute Gasteiger partial charge is 0.337 e. The van der Waals surface area contributed by atoms with Gasteiger partial charge in [-0.1, -0.05) is 6.92 Å². The van der Waals surface area contributed by atoms with Crippen LogP contribution in [0.5, 0.6) is 0 Å². The predicted octanol–water partition coefficient (Wildman–Crippen LogP) is 0.785. The van der Waals surface area contributed by atoms with Gasteiger partial charge < -0.3 is 21.1 Å². The Morgan fingerprint density at radius 1 is 1.47 bits per heavy atom. The second-order valence-electron chi connectivity index (χ2n) is 4.48. The predicted molar refractivity (Wildman–Crippen MR) is 74.3 cm³/mol. The number of hydrogen-bond donors (Lipinski definition) is 3. The van der Waals surface area contributed by atoms with Crippen molar-refractivity contribution < 1.29 is 14.7 Å². The van der Waals surface area contributed by atoms with Gasteiger partial charge in [0.05, 0.1) is 17.2 Å². The van der Waals surface area contributed by atoms with Crippen molar-refractivity contribution in [2.45, 2.75) is 6.92 Å². The Kier molecular flexibility index (Phi) is 4.74. The van der Waals surface area contributed by atoms with Gasteiger partial charge in [0.1, 0.15) is 0 Å². The molecule has 19 heavy (non-hydrogen) atoms. The molecule has 0 bridgehead atoms. The Bertz CT molecular complexity index is 488. The summed E-state index contributed by atoms with van der Waals surface area (Å²) in [7, 11) is 3.32. The summed E-state index contributed by atoms with van der Waals surface area (Å²) in [4.78, 5) is 24.4. The molecule has 0 fully saturated rings. The fraction of sp³-hybridized carbons (Fsp3) is 0.385. The molecule has 0 aromatic heterocycles. The summed E-state index contributed by atoms with van der Waals surface area (Å²) in [5.74, 6) is -1.37. The summed E-state index contributed by atoms with van der Waals surface area (Å²) in [5.41, 5.74) is 6.66. The average molecular weight is 265 g/mol. The minimum absolute atomic E-state index is 0.0841. The third-order valence-corrected chi connectivity index (χ3v) is 2.90. The van der Waals surface area contributed by atoms with Crippen LogP contribution in [0, 0.1) is 5.92 Å². The fourth-order valence-corrected chi connectivity index (χ4v) is 1.90. The van der Waals surface area contributed by atoms with Gasteiger partial charge in [-0.15, -0.1) is 0 Å². The minimum atomic E-state index is -1.04. The first-order valence-electron chi connectivity index (χ1n) is 5.92. The Balaban J connectivity index is 2.96. The van der Waals surface area contributed by atoms with Gasteiger partial charge in [-0.3, -0.25) is 4.79 Å². The normalized spacial score (nSPS) is 11.7. The molecule has 0 spiro atoms. The number of carboxylic acids is 1. The zero-order chi connectivity index (χ0) is 14.6. The number of nitrogens with two attached hydrogens (primary N) is 1. The number of hydrogen-bond acceptors (Lipinski definition) is 4. The lowest BCUT2D eigenvalue weighted by Crippen LogP contribution is -2.34. The lowest BCUT2D eigenvalue weighted by Gasteiger charge is -2.24. The number of aromatic carboxylic acids is 1. The van der Waals surface area contributed by atoms with Gasteiger partial charge >= 0.3 is 5.97 Å². The van der Waals surface area contributed by atoms with Gasteiger partial charge in [0.25, 0.3) is 0 Å². The number of carbonyl (C=O) groups is 2. The van der Waals surface area contributed by atoms with Gasteiger partial charge in [-0.2, -0.15) is 0 Å². The number of nitrogen functional groups attached to an aromatic ring is 1. The molecule has 0 aliphatic heterocycles. The number of rotatable bonds is 5. The Hall–Kier alpha value is -2.24. The van der Waals surface area contributed by atoms with Gasteiger partial charge in [0.15, 0.2) is 0 Å². The first kappa shape index (κ1) is 14.8. The third-order valence-electron chi connectivity index (χ3n) is 2.90. The van der Waals surface area contributed by atoms with E-state index in [0.717, 1.165) is 0 Å². The number of benzene rings is 1. The maximum Gasteiger partial charge on any atom is 0.337 e. The maximum absolute atomic E-state index is 11.5. The lowest BCUT2D eigenvalue weighted by atomic mass is 10.1. The van der Waals surface area contributed by atoms with Crippen molar-refractivity contribution in [3.8, 4) is 0 Å². The SMILES string of the molecule is CNC(=O)C(C)CN(C)c1ccc(N)cc1C(=O)O. The quantitative estimate of drug-likeness (QED) is 0.684. The van der Waals surface area contributed by atoms with E-state index in [1.807, 2.05) is 0 Å². The number of amides is 1. The van der Waals surface area contributed by atoms with Crippen LogP contribution >= 0.6 is 0 Å². The van der Waals surface area contributed by atoms with Gasteiger partial charge in [-0.25, -0.2) is 4.79 Å². The number of carbonyl (C=O) groups excluding carboxylic acids is 1. The van der Waals surface area contributed by atoms with Crippen molar-refractivity contribution in [1.29, 1.82) is 0 Å². The minimum Gasteiger partial charge on any atom is -0.478 e. The number of nitrogens with one attached hydrogen (secondary N) is 1. The summed E-state index contributed by atoms with van der Waals surface area (Å²) in [5, 5.41) is 11.7. The molecule has 1 amide bonds. The van der Waals surface area contributed by atoms with Gasteiger partial charge in [0, 0.05) is 26.3 Å².